The van der Waals surface area contributed by atoms with Crippen LogP contribution in [0.3, 0.4) is 0 Å². The van der Waals surface area contributed by atoms with Gasteiger partial charge in [-0.2, -0.15) is 4.98 Å². The summed E-state index contributed by atoms with van der Waals surface area (Å²) >= 11 is 0.466. The molecule has 1 aliphatic rings. The topological polar surface area (TPSA) is 52.1 Å². The third kappa shape index (κ3) is 2.91. The van der Waals surface area contributed by atoms with Crippen LogP contribution < -0.4 is 0 Å². The second-order valence-corrected chi connectivity index (χ2v) is 7.64. The molecule has 19 heavy (non-hydrogen) atoms. The van der Waals surface area contributed by atoms with Crippen LogP contribution in [0.4, 0.5) is 0 Å². The summed E-state index contributed by atoms with van der Waals surface area (Å²) in [7, 11) is 2.15. The van der Waals surface area contributed by atoms with Crippen LogP contribution >= 0.6 is 11.3 Å². The molecule has 1 fully saturated rings. The van der Waals surface area contributed by atoms with Gasteiger partial charge in [0.15, 0.2) is 0 Å². The molecule has 2 atom stereocenters. The predicted octanol–water partition coefficient (Wildman–Crippen LogP) is 2.28. The second-order valence-electron chi connectivity index (χ2n) is 4.92. The fourth-order valence-electron chi connectivity index (χ4n) is 2.52. The van der Waals surface area contributed by atoms with Crippen LogP contribution in [0, 0.1) is 0 Å². The number of thiazole rings is 1. The van der Waals surface area contributed by atoms with Crippen molar-refractivity contribution >= 4 is 32.9 Å². The van der Waals surface area contributed by atoms with E-state index in [-0.39, 0.29) is 0 Å². The molecule has 0 aromatic carbocycles. The van der Waals surface area contributed by atoms with E-state index in [4.69, 9.17) is 0 Å². The van der Waals surface area contributed by atoms with Crippen LogP contribution in [0.25, 0.3) is 10.3 Å². The van der Waals surface area contributed by atoms with Crippen LogP contribution in [-0.4, -0.2) is 44.8 Å². The fraction of sp³-hybridized carbons (Fsp3) is 0.538. The van der Waals surface area contributed by atoms with Crippen molar-refractivity contribution < 1.29 is 4.55 Å². The van der Waals surface area contributed by atoms with Crippen molar-refractivity contribution in [1.82, 2.24) is 14.9 Å². The average Bonchev–Trinajstić information content (AvgIpc) is 3.01. The van der Waals surface area contributed by atoms with Gasteiger partial charge in [0.2, 0.25) is 0 Å². The van der Waals surface area contributed by atoms with E-state index in [0.29, 0.717) is 16.1 Å². The summed E-state index contributed by atoms with van der Waals surface area (Å²) in [6, 6.07) is 4.38. The normalized spacial score (nSPS) is 22.1. The van der Waals surface area contributed by atoms with E-state index in [9.17, 15) is 4.55 Å². The van der Waals surface area contributed by atoms with Gasteiger partial charge in [-0.15, -0.1) is 0 Å². The Labute approximate surface area is 120 Å². The highest BCUT2D eigenvalue weighted by molar-refractivity contribution is 7.93. The van der Waals surface area contributed by atoms with Crippen molar-refractivity contribution in [2.45, 2.75) is 29.6 Å². The predicted molar refractivity (Wildman–Crippen MR) is 79.0 cm³/mol. The molecule has 0 aliphatic carbocycles. The number of hydrogen-bond acceptors (Lipinski definition) is 5. The lowest BCUT2D eigenvalue weighted by molar-refractivity contribution is 0.304. The van der Waals surface area contributed by atoms with Gasteiger partial charge in [0, 0.05) is 29.8 Å². The Morgan fingerprint density at radius 1 is 1.58 bits per heavy atom. The van der Waals surface area contributed by atoms with Crippen molar-refractivity contribution in [1.29, 1.82) is 0 Å². The molecule has 0 radical (unpaired) electrons. The Morgan fingerprint density at radius 3 is 3.21 bits per heavy atom. The number of pyridine rings is 1. The maximum Gasteiger partial charge on any atom is 0.304 e. The SMILES string of the molecule is CN1CCCC1CC[S+]([O-])c1nc2cccnc2s1. The molecule has 2 aromatic heterocycles. The number of fused-ring (bicyclic) bond motifs is 1. The van der Waals surface area contributed by atoms with Crippen LogP contribution in [-0.2, 0) is 11.2 Å². The standard InChI is InChI=1S/C13H17N3OS2/c1-16-8-3-4-10(16)6-9-19(17)13-15-11-5-2-7-14-12(11)18-13/h2,5,7,10H,3-4,6,8-9H2,1H3. The van der Waals surface area contributed by atoms with Gasteiger partial charge in [0.25, 0.3) is 0 Å². The first-order chi connectivity index (χ1) is 9.24. The maximum absolute atomic E-state index is 12.3. The number of likely N-dealkylation sites (tertiary alicyclic amines) is 1. The molecule has 1 aliphatic heterocycles. The van der Waals surface area contributed by atoms with E-state index < -0.39 is 11.2 Å². The summed E-state index contributed by atoms with van der Waals surface area (Å²) in [5, 5.41) is 0. The zero-order chi connectivity index (χ0) is 13.2. The van der Waals surface area contributed by atoms with E-state index in [1.165, 1.54) is 30.7 Å². The summed E-state index contributed by atoms with van der Waals surface area (Å²) in [6.45, 7) is 1.17. The zero-order valence-electron chi connectivity index (χ0n) is 10.9. The molecule has 3 rings (SSSR count). The van der Waals surface area contributed by atoms with Gasteiger partial charge in [-0.05, 0) is 49.9 Å². The monoisotopic (exact) mass is 295 g/mol. The molecule has 3 heterocycles. The smallest absolute Gasteiger partial charge is 0.304 e. The number of rotatable bonds is 4. The first-order valence-corrected chi connectivity index (χ1v) is 8.68. The minimum atomic E-state index is -0.986. The Kier molecular flexibility index (Phi) is 4.02. The first kappa shape index (κ1) is 13.3. The Balaban J connectivity index is 1.64. The van der Waals surface area contributed by atoms with Gasteiger partial charge in [0.1, 0.15) is 16.1 Å². The number of aromatic nitrogens is 2. The Hall–Kier alpha value is -0.690. The van der Waals surface area contributed by atoms with E-state index in [0.717, 1.165) is 16.8 Å². The number of hydrogen-bond donors (Lipinski definition) is 0. The molecule has 0 spiro atoms. The summed E-state index contributed by atoms with van der Waals surface area (Å²) in [5.41, 5.74) is 0.855. The largest absolute Gasteiger partial charge is 0.610 e. The third-order valence-corrected chi connectivity index (χ3v) is 6.32. The molecular formula is C13H17N3OS2. The van der Waals surface area contributed by atoms with Crippen molar-refractivity contribution in [2.24, 2.45) is 0 Å². The molecule has 2 unspecified atom stereocenters. The lowest BCUT2D eigenvalue weighted by Gasteiger charge is -2.19. The number of nitrogens with zero attached hydrogens (tertiary/aromatic N) is 3. The van der Waals surface area contributed by atoms with Crippen molar-refractivity contribution in [3.8, 4) is 0 Å². The molecule has 6 heteroatoms. The second kappa shape index (κ2) is 5.75. The molecule has 0 saturated carbocycles. The molecule has 0 N–H and O–H groups in total. The van der Waals surface area contributed by atoms with Crippen molar-refractivity contribution in [3.05, 3.63) is 18.3 Å². The molecule has 2 aromatic rings. The minimum absolute atomic E-state index is 0.594. The average molecular weight is 295 g/mol. The highest BCUT2D eigenvalue weighted by Gasteiger charge is 2.24. The van der Waals surface area contributed by atoms with Crippen LogP contribution in [0.5, 0.6) is 0 Å². The maximum atomic E-state index is 12.3. The van der Waals surface area contributed by atoms with Gasteiger partial charge in [-0.25, -0.2) is 4.98 Å². The fourth-order valence-corrected chi connectivity index (χ4v) is 4.88. The van der Waals surface area contributed by atoms with E-state index in [1.54, 1.807) is 6.20 Å². The van der Waals surface area contributed by atoms with Crippen molar-refractivity contribution in [3.63, 3.8) is 0 Å². The van der Waals surface area contributed by atoms with Gasteiger partial charge in [0.05, 0.1) is 0 Å². The van der Waals surface area contributed by atoms with Crippen molar-refractivity contribution in [2.75, 3.05) is 19.3 Å². The van der Waals surface area contributed by atoms with E-state index in [1.807, 2.05) is 12.1 Å². The summed E-state index contributed by atoms with van der Waals surface area (Å²) < 4.78 is 13.0. The third-order valence-electron chi connectivity index (χ3n) is 3.65. The van der Waals surface area contributed by atoms with Gasteiger partial charge in [-0.1, -0.05) is 0 Å². The molecule has 4 nitrogen and oxygen atoms in total. The summed E-state index contributed by atoms with van der Waals surface area (Å²) in [6.07, 6.45) is 5.24. The highest BCUT2D eigenvalue weighted by Crippen LogP contribution is 2.26. The van der Waals surface area contributed by atoms with Gasteiger partial charge < -0.3 is 9.45 Å². The summed E-state index contributed by atoms with van der Waals surface area (Å²) in [4.78, 5) is 11.9. The van der Waals surface area contributed by atoms with E-state index in [2.05, 4.69) is 21.9 Å². The first-order valence-electron chi connectivity index (χ1n) is 6.54. The zero-order valence-corrected chi connectivity index (χ0v) is 12.5. The highest BCUT2D eigenvalue weighted by atomic mass is 32.2. The Bertz CT molecular complexity index is 527. The molecule has 1 saturated heterocycles. The molecule has 0 amide bonds. The minimum Gasteiger partial charge on any atom is -0.610 e. The summed E-state index contributed by atoms with van der Waals surface area (Å²) in [5.74, 6) is 0.703. The Morgan fingerprint density at radius 2 is 2.47 bits per heavy atom. The lowest BCUT2D eigenvalue weighted by Crippen LogP contribution is -2.27. The lowest BCUT2D eigenvalue weighted by atomic mass is 10.2. The molecular weight excluding hydrogens is 278 g/mol. The van der Waals surface area contributed by atoms with Crippen LogP contribution in [0.1, 0.15) is 19.3 Å². The van der Waals surface area contributed by atoms with Gasteiger partial charge >= 0.3 is 4.34 Å². The van der Waals surface area contributed by atoms with E-state index >= 15 is 0 Å². The quantitative estimate of drug-likeness (QED) is 0.812. The van der Waals surface area contributed by atoms with Gasteiger partial charge in [-0.3, -0.25) is 0 Å². The molecule has 102 valence electrons. The molecule has 0 bridgehead atoms. The van der Waals surface area contributed by atoms with Crippen LogP contribution in [0.2, 0.25) is 0 Å². The van der Waals surface area contributed by atoms with Crippen LogP contribution in [0.15, 0.2) is 22.7 Å².